The predicted octanol–water partition coefficient (Wildman–Crippen LogP) is 4.63. The van der Waals surface area contributed by atoms with E-state index in [2.05, 4.69) is 35.9 Å². The van der Waals surface area contributed by atoms with E-state index in [4.69, 9.17) is 0 Å². The van der Waals surface area contributed by atoms with E-state index in [0.29, 0.717) is 28.3 Å². The lowest BCUT2D eigenvalue weighted by molar-refractivity contribution is 0.0691. The first-order chi connectivity index (χ1) is 16.1. The number of amides is 2. The van der Waals surface area contributed by atoms with Crippen LogP contribution in [0.5, 0.6) is 0 Å². The molecular formula is C21H17N7O3S2. The second kappa shape index (κ2) is 8.84. The van der Waals surface area contributed by atoms with Crippen LogP contribution in [0.2, 0.25) is 0 Å². The molecule has 0 saturated carbocycles. The van der Waals surface area contributed by atoms with E-state index >= 15 is 0 Å². The molecule has 1 aromatic carbocycles. The molecule has 4 heterocycles. The number of anilines is 3. The van der Waals surface area contributed by atoms with Gasteiger partial charge in [0.1, 0.15) is 17.8 Å². The minimum atomic E-state index is -1.06. The molecule has 5 N–H and O–H groups in total. The number of urea groups is 1. The Morgan fingerprint density at radius 2 is 2.03 bits per heavy atom. The third kappa shape index (κ3) is 4.47. The van der Waals surface area contributed by atoms with E-state index in [9.17, 15) is 14.7 Å². The van der Waals surface area contributed by atoms with Crippen LogP contribution >= 0.6 is 22.7 Å². The molecule has 0 atom stereocenters. The van der Waals surface area contributed by atoms with Crippen LogP contribution in [0.4, 0.5) is 21.4 Å². The van der Waals surface area contributed by atoms with Crippen LogP contribution in [0.1, 0.15) is 15.4 Å². The van der Waals surface area contributed by atoms with E-state index < -0.39 is 12.0 Å². The van der Waals surface area contributed by atoms with Crippen LogP contribution < -0.4 is 16.0 Å². The van der Waals surface area contributed by atoms with Crippen molar-refractivity contribution in [2.75, 3.05) is 22.5 Å². The fourth-order valence-electron chi connectivity index (χ4n) is 3.33. The number of fused-ring (bicyclic) bond motifs is 2. The number of thiophene rings is 1. The molecule has 0 aliphatic heterocycles. The molecule has 0 fully saturated rings. The Morgan fingerprint density at radius 1 is 1.12 bits per heavy atom. The smallest absolute Gasteiger partial charge is 0.352 e. The first kappa shape index (κ1) is 20.8. The van der Waals surface area contributed by atoms with Crippen molar-refractivity contribution >= 4 is 72.4 Å². The van der Waals surface area contributed by atoms with Gasteiger partial charge in [-0.2, -0.15) is 0 Å². The summed E-state index contributed by atoms with van der Waals surface area (Å²) in [5.41, 5.74) is 1.99. The van der Waals surface area contributed by atoms with Gasteiger partial charge in [0, 0.05) is 29.4 Å². The lowest BCUT2D eigenvalue weighted by Gasteiger charge is -2.06. The number of aromatic nitrogens is 4. The van der Waals surface area contributed by atoms with Crippen molar-refractivity contribution in [2.45, 2.75) is 6.42 Å². The number of nitrogens with one attached hydrogen (secondary N) is 4. The zero-order valence-corrected chi connectivity index (χ0v) is 18.6. The van der Waals surface area contributed by atoms with Crippen LogP contribution in [0.25, 0.3) is 21.1 Å². The Hall–Kier alpha value is -4.03. The quantitative estimate of drug-likeness (QED) is 0.229. The Bertz CT molecular complexity index is 1470. The van der Waals surface area contributed by atoms with Crippen molar-refractivity contribution in [3.63, 3.8) is 0 Å². The number of benzene rings is 1. The Balaban J connectivity index is 1.19. The average Bonchev–Trinajstić information content (AvgIpc) is 3.53. The molecule has 5 rings (SSSR count). The topological polar surface area (TPSA) is 145 Å². The molecule has 0 saturated heterocycles. The van der Waals surface area contributed by atoms with Gasteiger partial charge in [-0.3, -0.25) is 5.32 Å². The van der Waals surface area contributed by atoms with Gasteiger partial charge in [0.05, 0.1) is 21.4 Å². The van der Waals surface area contributed by atoms with Crippen molar-refractivity contribution in [1.82, 2.24) is 19.9 Å². The second-order valence-corrected chi connectivity index (χ2v) is 9.03. The molecule has 0 aliphatic rings. The molecule has 0 bridgehead atoms. The molecule has 0 radical (unpaired) electrons. The van der Waals surface area contributed by atoms with Crippen LogP contribution in [-0.4, -0.2) is 43.6 Å². The van der Waals surface area contributed by atoms with Crippen molar-refractivity contribution < 1.29 is 14.7 Å². The second-order valence-electron chi connectivity index (χ2n) is 7.00. The number of carboxylic acids is 1. The fourth-order valence-corrected chi connectivity index (χ4v) is 4.94. The number of para-hydroxylation sites is 1. The maximum absolute atomic E-state index is 12.5. The maximum Gasteiger partial charge on any atom is 0.352 e. The van der Waals surface area contributed by atoms with Gasteiger partial charge < -0.3 is 20.7 Å². The first-order valence-corrected chi connectivity index (χ1v) is 11.6. The number of nitrogens with zero attached hydrogens (tertiary/aromatic N) is 3. The van der Waals surface area contributed by atoms with Crippen molar-refractivity contribution in [3.05, 3.63) is 58.8 Å². The Morgan fingerprint density at radius 3 is 2.91 bits per heavy atom. The van der Waals surface area contributed by atoms with Gasteiger partial charge >= 0.3 is 12.0 Å². The summed E-state index contributed by atoms with van der Waals surface area (Å²) in [5, 5.41) is 21.1. The van der Waals surface area contributed by atoms with Crippen molar-refractivity contribution in [2.24, 2.45) is 0 Å². The molecular weight excluding hydrogens is 462 g/mol. The number of hydrogen-bond donors (Lipinski definition) is 5. The molecule has 0 aliphatic carbocycles. The van der Waals surface area contributed by atoms with Gasteiger partial charge in [-0.1, -0.05) is 12.1 Å². The van der Waals surface area contributed by atoms with Crippen LogP contribution in [0, 0.1) is 0 Å². The van der Waals surface area contributed by atoms with Gasteiger partial charge in [-0.05, 0) is 23.6 Å². The van der Waals surface area contributed by atoms with E-state index in [1.54, 1.807) is 42.1 Å². The summed E-state index contributed by atoms with van der Waals surface area (Å²) in [4.78, 5) is 40.3. The number of carboxylic acid groups (broad SMARTS) is 1. The summed E-state index contributed by atoms with van der Waals surface area (Å²) in [6, 6.07) is 8.23. The molecule has 0 unspecified atom stereocenters. The van der Waals surface area contributed by atoms with E-state index in [0.717, 1.165) is 27.3 Å². The zero-order valence-electron chi connectivity index (χ0n) is 17.0. The van der Waals surface area contributed by atoms with Crippen LogP contribution in [0.15, 0.2) is 48.2 Å². The lowest BCUT2D eigenvalue weighted by atomic mass is 10.2. The summed E-state index contributed by atoms with van der Waals surface area (Å²) in [7, 11) is 0. The van der Waals surface area contributed by atoms with Gasteiger partial charge in [-0.15, -0.1) is 22.7 Å². The summed E-state index contributed by atoms with van der Waals surface area (Å²) in [5.74, 6) is -0.257. The monoisotopic (exact) mass is 479 g/mol. The lowest BCUT2D eigenvalue weighted by Crippen LogP contribution is -2.19. The van der Waals surface area contributed by atoms with Crippen molar-refractivity contribution in [1.29, 1.82) is 0 Å². The Labute approximate surface area is 194 Å². The predicted molar refractivity (Wildman–Crippen MR) is 130 cm³/mol. The average molecular weight is 480 g/mol. The molecule has 4 aromatic heterocycles. The van der Waals surface area contributed by atoms with Crippen LogP contribution in [0.3, 0.4) is 0 Å². The number of carbonyl (C=O) groups excluding carboxylic acids is 1. The van der Waals surface area contributed by atoms with E-state index in [1.807, 2.05) is 11.4 Å². The summed E-state index contributed by atoms with van der Waals surface area (Å²) >= 11 is 2.98. The van der Waals surface area contributed by atoms with E-state index in [-0.39, 0.29) is 5.69 Å². The molecule has 2 amide bonds. The van der Waals surface area contributed by atoms with Gasteiger partial charge in [0.25, 0.3) is 0 Å². The van der Waals surface area contributed by atoms with E-state index in [1.165, 1.54) is 17.4 Å². The number of aromatic carboxylic acids is 1. The largest absolute Gasteiger partial charge is 0.477 e. The van der Waals surface area contributed by atoms with Gasteiger partial charge in [0.15, 0.2) is 5.13 Å². The standard InChI is InChI=1S/C21H17N7O3S2/c29-19(30)15-8-11-2-1-3-13(16(11)26-15)27-20(31)28-21-23-9-12(33-21)4-6-22-18-17-14(5-7-32-17)24-10-25-18/h1-3,5,7-10,26H,4,6H2,(H,29,30)(H,22,24,25)(H2,23,27,28,31). The number of carbonyl (C=O) groups is 2. The summed E-state index contributed by atoms with van der Waals surface area (Å²) in [6.07, 6.45) is 3.99. The SMILES string of the molecule is O=C(Nc1ncc(CCNc2ncnc3ccsc23)s1)Nc1cccc2cc(C(=O)O)[nH]c12. The van der Waals surface area contributed by atoms with Gasteiger partial charge in [0.2, 0.25) is 0 Å². The third-order valence-electron chi connectivity index (χ3n) is 4.82. The number of H-pyrrole nitrogens is 1. The van der Waals surface area contributed by atoms with Crippen LogP contribution in [-0.2, 0) is 6.42 Å². The zero-order chi connectivity index (χ0) is 22.8. The fraction of sp³-hybridized carbons (Fsp3) is 0.0952. The number of aromatic amines is 1. The number of rotatable bonds is 7. The number of hydrogen-bond acceptors (Lipinski definition) is 8. The highest BCUT2D eigenvalue weighted by Gasteiger charge is 2.13. The normalized spacial score (nSPS) is 11.0. The number of thiazole rings is 1. The first-order valence-electron chi connectivity index (χ1n) is 9.86. The summed E-state index contributed by atoms with van der Waals surface area (Å²) < 4.78 is 1.02. The Kier molecular flexibility index (Phi) is 5.59. The molecule has 166 valence electrons. The molecule has 33 heavy (non-hydrogen) atoms. The highest BCUT2D eigenvalue weighted by Crippen LogP contribution is 2.26. The third-order valence-corrected chi connectivity index (χ3v) is 6.70. The summed E-state index contributed by atoms with van der Waals surface area (Å²) in [6.45, 7) is 0.665. The highest BCUT2D eigenvalue weighted by atomic mass is 32.1. The molecule has 12 heteroatoms. The minimum absolute atomic E-state index is 0.0552. The molecule has 0 spiro atoms. The minimum Gasteiger partial charge on any atom is -0.477 e. The maximum atomic E-state index is 12.5. The van der Waals surface area contributed by atoms with Crippen molar-refractivity contribution in [3.8, 4) is 0 Å². The molecule has 5 aromatic rings. The molecule has 10 nitrogen and oxygen atoms in total. The highest BCUT2D eigenvalue weighted by molar-refractivity contribution is 7.17. The van der Waals surface area contributed by atoms with Gasteiger partial charge in [-0.25, -0.2) is 24.5 Å².